The van der Waals surface area contributed by atoms with E-state index in [1.165, 1.54) is 11.4 Å². The van der Waals surface area contributed by atoms with E-state index < -0.39 is 10.0 Å². The number of hydrogen-bond acceptors (Lipinski definition) is 5. The number of anilines is 1. The Morgan fingerprint density at radius 2 is 1.92 bits per heavy atom. The summed E-state index contributed by atoms with van der Waals surface area (Å²) in [6.07, 6.45) is -0.0391. The number of nitrogens with one attached hydrogen (secondary N) is 1. The number of nitrogens with zero attached hydrogens (tertiary/aromatic N) is 2. The molecule has 1 saturated heterocycles. The minimum Gasteiger partial charge on any atom is -0.379 e. The molecule has 0 aliphatic carbocycles. The monoisotopic (exact) mass is 355 g/mol. The van der Waals surface area contributed by atoms with Crippen LogP contribution in [-0.2, 0) is 19.6 Å². The van der Waals surface area contributed by atoms with Crippen molar-refractivity contribution in [2.75, 3.05) is 56.5 Å². The molecular formula is C16H25N3O4S. The van der Waals surface area contributed by atoms with E-state index >= 15 is 0 Å². The van der Waals surface area contributed by atoms with E-state index in [-0.39, 0.29) is 18.1 Å². The van der Waals surface area contributed by atoms with Gasteiger partial charge in [-0.25, -0.2) is 8.42 Å². The Bertz CT molecular complexity index is 615. The molecule has 1 aliphatic rings. The van der Waals surface area contributed by atoms with Gasteiger partial charge in [-0.2, -0.15) is 0 Å². The van der Waals surface area contributed by atoms with E-state index in [1.807, 2.05) is 6.07 Å². The lowest BCUT2D eigenvalue weighted by molar-refractivity contribution is -0.120. The predicted octanol–water partition coefficient (Wildman–Crippen LogP) is 0.291. The first-order valence-electron chi connectivity index (χ1n) is 8.07. The van der Waals surface area contributed by atoms with Crippen LogP contribution in [0.1, 0.15) is 6.42 Å². The summed E-state index contributed by atoms with van der Waals surface area (Å²) in [5.41, 5.74) is 0.588. The van der Waals surface area contributed by atoms with E-state index in [1.54, 1.807) is 24.3 Å². The number of sulfonamides is 1. The fraction of sp³-hybridized carbons (Fsp3) is 0.562. The van der Waals surface area contributed by atoms with Crippen molar-refractivity contribution >= 4 is 21.6 Å². The molecule has 0 unspecified atom stereocenters. The highest BCUT2D eigenvalue weighted by atomic mass is 32.2. The summed E-state index contributed by atoms with van der Waals surface area (Å²) in [4.78, 5) is 14.1. The standard InChI is InChI=1S/C16H25N3O4S/c1-18(15-5-3-2-4-6-15)24(21,22)14-7-16(20)17-8-9-19-10-12-23-13-11-19/h2-6H,7-14H2,1H3,(H,17,20). The minimum absolute atomic E-state index is 0.0391. The van der Waals surface area contributed by atoms with Crippen LogP contribution in [0.15, 0.2) is 30.3 Å². The molecule has 0 bridgehead atoms. The SMILES string of the molecule is CN(c1ccccc1)S(=O)(=O)CCC(=O)NCCN1CCOCC1. The first-order chi connectivity index (χ1) is 11.5. The smallest absolute Gasteiger partial charge is 0.235 e. The van der Waals surface area contributed by atoms with Gasteiger partial charge >= 0.3 is 0 Å². The van der Waals surface area contributed by atoms with Crippen LogP contribution in [0.5, 0.6) is 0 Å². The number of carbonyl (C=O) groups is 1. The van der Waals surface area contributed by atoms with Crippen molar-refractivity contribution in [3.05, 3.63) is 30.3 Å². The van der Waals surface area contributed by atoms with Crippen molar-refractivity contribution in [3.8, 4) is 0 Å². The number of carbonyl (C=O) groups excluding carboxylic acids is 1. The molecule has 1 aliphatic heterocycles. The highest BCUT2D eigenvalue weighted by Gasteiger charge is 2.19. The largest absolute Gasteiger partial charge is 0.379 e. The van der Waals surface area contributed by atoms with E-state index in [9.17, 15) is 13.2 Å². The maximum absolute atomic E-state index is 12.3. The van der Waals surface area contributed by atoms with Gasteiger partial charge in [0, 0.05) is 39.6 Å². The third-order valence-electron chi connectivity index (χ3n) is 3.98. The number of hydrogen-bond donors (Lipinski definition) is 1. The maximum Gasteiger partial charge on any atom is 0.235 e. The number of para-hydroxylation sites is 1. The van der Waals surface area contributed by atoms with Gasteiger partial charge in [0.15, 0.2) is 0 Å². The van der Waals surface area contributed by atoms with Crippen LogP contribution in [0, 0.1) is 0 Å². The van der Waals surface area contributed by atoms with Crippen molar-refractivity contribution in [2.24, 2.45) is 0 Å². The topological polar surface area (TPSA) is 79.0 Å². The summed E-state index contributed by atoms with van der Waals surface area (Å²) in [7, 11) is -2.01. The molecule has 0 saturated carbocycles. The second-order valence-corrected chi connectivity index (χ2v) is 7.79. The molecule has 2 rings (SSSR count). The summed E-state index contributed by atoms with van der Waals surface area (Å²) in [5, 5.41) is 2.78. The van der Waals surface area contributed by atoms with Crippen molar-refractivity contribution in [1.29, 1.82) is 0 Å². The average molecular weight is 355 g/mol. The van der Waals surface area contributed by atoms with Gasteiger partial charge in [0.2, 0.25) is 15.9 Å². The Labute approximate surface area is 143 Å². The maximum atomic E-state index is 12.3. The van der Waals surface area contributed by atoms with E-state index in [2.05, 4.69) is 10.2 Å². The number of benzene rings is 1. The van der Waals surface area contributed by atoms with Crippen molar-refractivity contribution in [2.45, 2.75) is 6.42 Å². The Kier molecular flexibility index (Phi) is 7.01. The first kappa shape index (κ1) is 18.7. The van der Waals surface area contributed by atoms with Crippen LogP contribution >= 0.6 is 0 Å². The Morgan fingerprint density at radius 3 is 2.58 bits per heavy atom. The van der Waals surface area contributed by atoms with Gasteiger partial charge in [-0.1, -0.05) is 18.2 Å². The molecule has 8 heteroatoms. The van der Waals surface area contributed by atoms with Crippen molar-refractivity contribution in [1.82, 2.24) is 10.2 Å². The summed E-state index contributed by atoms with van der Waals surface area (Å²) in [6, 6.07) is 8.82. The van der Waals surface area contributed by atoms with Crippen molar-refractivity contribution < 1.29 is 17.9 Å². The Balaban J connectivity index is 1.72. The van der Waals surface area contributed by atoms with Crippen LogP contribution in [0.4, 0.5) is 5.69 Å². The molecule has 24 heavy (non-hydrogen) atoms. The zero-order valence-corrected chi connectivity index (χ0v) is 14.8. The quantitative estimate of drug-likeness (QED) is 0.725. The second kappa shape index (κ2) is 9.00. The van der Waals surface area contributed by atoms with Crippen LogP contribution in [0.3, 0.4) is 0 Å². The van der Waals surface area contributed by atoms with E-state index in [0.717, 1.165) is 32.8 Å². The first-order valence-corrected chi connectivity index (χ1v) is 9.68. The zero-order chi connectivity index (χ0) is 17.4. The van der Waals surface area contributed by atoms with Gasteiger partial charge in [-0.05, 0) is 12.1 Å². The van der Waals surface area contributed by atoms with Crippen LogP contribution in [0.2, 0.25) is 0 Å². The van der Waals surface area contributed by atoms with E-state index in [0.29, 0.717) is 12.2 Å². The molecule has 0 spiro atoms. The van der Waals surface area contributed by atoms with Crippen LogP contribution < -0.4 is 9.62 Å². The number of ether oxygens (including phenoxy) is 1. The second-order valence-electron chi connectivity index (χ2n) is 5.67. The summed E-state index contributed by atoms with van der Waals surface area (Å²) < 4.78 is 31.0. The molecular weight excluding hydrogens is 330 g/mol. The number of morpholine rings is 1. The molecule has 1 aromatic carbocycles. The predicted molar refractivity (Wildman–Crippen MR) is 93.5 cm³/mol. The van der Waals surface area contributed by atoms with E-state index in [4.69, 9.17) is 4.74 Å². The summed E-state index contributed by atoms with van der Waals surface area (Å²) in [5.74, 6) is -0.449. The van der Waals surface area contributed by atoms with Gasteiger partial charge in [-0.3, -0.25) is 14.0 Å². The lowest BCUT2D eigenvalue weighted by Crippen LogP contribution is -2.41. The molecule has 1 aromatic rings. The molecule has 0 radical (unpaired) electrons. The summed E-state index contributed by atoms with van der Waals surface area (Å²) >= 11 is 0. The number of rotatable bonds is 8. The van der Waals surface area contributed by atoms with Gasteiger partial charge < -0.3 is 10.1 Å². The molecule has 1 heterocycles. The van der Waals surface area contributed by atoms with Gasteiger partial charge in [0.1, 0.15) is 0 Å². The fourth-order valence-corrected chi connectivity index (χ4v) is 3.58. The molecule has 7 nitrogen and oxygen atoms in total. The highest BCUT2D eigenvalue weighted by molar-refractivity contribution is 7.92. The van der Waals surface area contributed by atoms with Gasteiger partial charge in [-0.15, -0.1) is 0 Å². The zero-order valence-electron chi connectivity index (χ0n) is 14.0. The molecule has 134 valence electrons. The van der Waals surface area contributed by atoms with Crippen LogP contribution in [0.25, 0.3) is 0 Å². The van der Waals surface area contributed by atoms with Crippen molar-refractivity contribution in [3.63, 3.8) is 0 Å². The lowest BCUT2D eigenvalue weighted by atomic mass is 10.3. The Hall–Kier alpha value is -1.64. The summed E-state index contributed by atoms with van der Waals surface area (Å²) in [6.45, 7) is 4.45. The molecule has 1 amide bonds. The third-order valence-corrected chi connectivity index (χ3v) is 5.74. The van der Waals surface area contributed by atoms with Gasteiger partial charge in [0.25, 0.3) is 0 Å². The lowest BCUT2D eigenvalue weighted by Gasteiger charge is -2.26. The molecule has 0 aromatic heterocycles. The average Bonchev–Trinajstić information content (AvgIpc) is 2.61. The highest BCUT2D eigenvalue weighted by Crippen LogP contribution is 2.15. The fourth-order valence-electron chi connectivity index (χ4n) is 2.42. The normalized spacial score (nSPS) is 15.9. The molecule has 0 atom stereocenters. The minimum atomic E-state index is -3.51. The molecule has 1 fully saturated rings. The third kappa shape index (κ3) is 5.77. The Morgan fingerprint density at radius 1 is 1.25 bits per heavy atom. The molecule has 1 N–H and O–H groups in total. The number of amides is 1. The van der Waals surface area contributed by atoms with Gasteiger partial charge in [0.05, 0.1) is 24.7 Å². The van der Waals surface area contributed by atoms with Crippen LogP contribution in [-0.4, -0.2) is 71.4 Å².